The number of pyridine rings is 1. The molecule has 3 N–H and O–H groups in total. The van der Waals surface area contributed by atoms with Crippen LogP contribution in [0.3, 0.4) is 0 Å². The number of benzene rings is 2. The lowest BCUT2D eigenvalue weighted by molar-refractivity contribution is -0.150. The van der Waals surface area contributed by atoms with Crippen LogP contribution >= 0.6 is 0 Å². The minimum Gasteiger partial charge on any atom is -0.484 e. The van der Waals surface area contributed by atoms with Gasteiger partial charge < -0.3 is 25.0 Å². The Labute approximate surface area is 340 Å². The van der Waals surface area contributed by atoms with Gasteiger partial charge in [0, 0.05) is 30.0 Å². The third-order valence-electron chi connectivity index (χ3n) is 12.5. The third-order valence-corrected chi connectivity index (χ3v) is 12.5. The van der Waals surface area contributed by atoms with Gasteiger partial charge in [0.1, 0.15) is 23.3 Å². The van der Waals surface area contributed by atoms with Crippen molar-refractivity contribution in [1.29, 1.82) is 0 Å². The van der Waals surface area contributed by atoms with E-state index in [1.54, 1.807) is 4.68 Å². The number of anilines is 2. The molecule has 0 bridgehead atoms. The number of urea groups is 1. The minimum atomic E-state index is -0.817. The Morgan fingerprint density at radius 3 is 2.55 bits per heavy atom. The first-order valence-corrected chi connectivity index (χ1v) is 21.0. The molecule has 2 unspecified atom stereocenters. The molecule has 5 atom stereocenters. The van der Waals surface area contributed by atoms with Crippen molar-refractivity contribution in [3.05, 3.63) is 95.3 Å². The molecule has 0 saturated carbocycles. The summed E-state index contributed by atoms with van der Waals surface area (Å²) in [5.41, 5.74) is 4.27. The Kier molecular flexibility index (Phi) is 11.2. The van der Waals surface area contributed by atoms with Gasteiger partial charge in [0.2, 0.25) is 5.95 Å². The quantitative estimate of drug-likeness (QED) is 0.120. The molecule has 13 heteroatoms. The Bertz CT molecular complexity index is 2240. The number of ether oxygens (including phenoxy) is 2. The molecule has 5 heterocycles. The van der Waals surface area contributed by atoms with Crippen molar-refractivity contribution in [3.8, 4) is 11.4 Å². The van der Waals surface area contributed by atoms with Crippen molar-refractivity contribution >= 4 is 29.9 Å². The molecule has 2 saturated heterocycles. The lowest BCUT2D eigenvalue weighted by atomic mass is 9.78. The fraction of sp³-hybridized carbons (Fsp3) is 0.489. The van der Waals surface area contributed by atoms with Gasteiger partial charge in [-0.1, -0.05) is 57.2 Å². The predicted octanol–water partition coefficient (Wildman–Crippen LogP) is 8.15. The van der Waals surface area contributed by atoms with Crippen molar-refractivity contribution in [3.63, 3.8) is 0 Å². The van der Waals surface area contributed by atoms with E-state index >= 15 is 0 Å². The third kappa shape index (κ3) is 8.01. The number of piperidine rings is 1. The van der Waals surface area contributed by atoms with Crippen LogP contribution in [0.2, 0.25) is 0 Å². The molecule has 2 amide bonds. The van der Waals surface area contributed by atoms with Gasteiger partial charge in [-0.15, -0.1) is 10.2 Å². The first-order valence-electron chi connectivity index (χ1n) is 21.0. The first-order chi connectivity index (χ1) is 28.0. The summed E-state index contributed by atoms with van der Waals surface area (Å²) < 4.78 is 16.4. The Hall–Kier alpha value is -5.43. The van der Waals surface area contributed by atoms with E-state index in [4.69, 9.17) is 14.6 Å². The van der Waals surface area contributed by atoms with Crippen LogP contribution in [0, 0.1) is 5.92 Å². The zero-order valence-electron chi connectivity index (χ0n) is 34.4. The van der Waals surface area contributed by atoms with Crippen LogP contribution in [0.4, 0.5) is 16.6 Å². The number of nitrogens with one attached hydrogen (secondary N) is 3. The molecule has 2 aromatic carbocycles. The minimum absolute atomic E-state index is 0.149. The summed E-state index contributed by atoms with van der Waals surface area (Å²) >= 11 is 0. The van der Waals surface area contributed by atoms with Crippen LogP contribution in [0.5, 0.6) is 5.75 Å². The lowest BCUT2D eigenvalue weighted by Crippen LogP contribution is -2.38. The largest absolute Gasteiger partial charge is 0.484 e. The predicted molar refractivity (Wildman–Crippen MR) is 225 cm³/mol. The highest BCUT2D eigenvalue weighted by Crippen LogP contribution is 2.41. The molecule has 1 aliphatic carbocycles. The van der Waals surface area contributed by atoms with E-state index in [0.717, 1.165) is 104 Å². The molecular formula is C45H57N9O4. The number of nitrogens with zero attached hydrogens (tertiary/aromatic N) is 6. The molecular weight excluding hydrogens is 731 g/mol. The molecule has 3 aliphatic rings. The van der Waals surface area contributed by atoms with Gasteiger partial charge in [-0.05, 0) is 119 Å². The van der Waals surface area contributed by atoms with Crippen LogP contribution in [0.15, 0.2) is 72.9 Å². The number of fused-ring (bicyclic) bond motifs is 2. The monoisotopic (exact) mass is 787 g/mol. The van der Waals surface area contributed by atoms with E-state index in [0.29, 0.717) is 24.8 Å². The Morgan fingerprint density at radius 2 is 1.74 bits per heavy atom. The second kappa shape index (κ2) is 16.4. The van der Waals surface area contributed by atoms with E-state index in [9.17, 15) is 9.59 Å². The maximum atomic E-state index is 14.0. The summed E-state index contributed by atoms with van der Waals surface area (Å²) in [6, 6.07) is 21.9. The van der Waals surface area contributed by atoms with Crippen LogP contribution in [-0.2, 0) is 20.5 Å². The topological polar surface area (TPSA) is 140 Å². The number of amides is 2. The molecule has 58 heavy (non-hydrogen) atoms. The van der Waals surface area contributed by atoms with Gasteiger partial charge in [-0.3, -0.25) is 14.5 Å². The highest BCUT2D eigenvalue weighted by Gasteiger charge is 2.39. The van der Waals surface area contributed by atoms with Crippen LogP contribution in [0.25, 0.3) is 11.3 Å². The van der Waals surface area contributed by atoms with Gasteiger partial charge in [0.05, 0.1) is 23.6 Å². The highest BCUT2D eigenvalue weighted by molar-refractivity contribution is 5.89. The number of carbonyl (C=O) groups excluding carboxylic acids is 2. The summed E-state index contributed by atoms with van der Waals surface area (Å²) in [6.07, 6.45) is 9.61. The second-order valence-electron chi connectivity index (χ2n) is 17.4. The Balaban J connectivity index is 1.01. The van der Waals surface area contributed by atoms with Crippen molar-refractivity contribution in [2.24, 2.45) is 5.92 Å². The average molecular weight is 788 g/mol. The molecule has 13 nitrogen and oxygen atoms in total. The summed E-state index contributed by atoms with van der Waals surface area (Å²) in [7, 11) is 0. The number of hydrogen-bond acceptors (Lipinski definition) is 9. The fourth-order valence-electron chi connectivity index (χ4n) is 9.07. The number of hydrogen-bond donors (Lipinski definition) is 3. The van der Waals surface area contributed by atoms with Crippen LogP contribution in [0.1, 0.15) is 121 Å². The molecule has 306 valence electrons. The van der Waals surface area contributed by atoms with Gasteiger partial charge >= 0.3 is 6.03 Å². The van der Waals surface area contributed by atoms with E-state index in [1.807, 2.05) is 72.1 Å². The summed E-state index contributed by atoms with van der Waals surface area (Å²) in [5, 5.41) is 23.9. The SMILES string of the molecule is C[C@H]1CCCCN1c1nnc2ccc(O[C@@H]3CC[C@H](NC(=O)Nc4cc(C(C)(C)C)nn4-c4cccc(C(C)(OC=O)C5CCCNCC5)c4)c4ccccc43)cn12. The first kappa shape index (κ1) is 39.4. The normalized spacial score (nSPS) is 22.3. The maximum Gasteiger partial charge on any atom is 0.320 e. The van der Waals surface area contributed by atoms with Crippen LogP contribution in [-0.4, -0.2) is 62.6 Å². The second-order valence-corrected chi connectivity index (χ2v) is 17.4. The molecule has 5 aromatic rings. The van der Waals surface area contributed by atoms with E-state index < -0.39 is 5.60 Å². The molecule has 8 rings (SSSR count). The van der Waals surface area contributed by atoms with Crippen LogP contribution < -0.4 is 25.6 Å². The number of aromatic nitrogens is 5. The average Bonchev–Trinajstić information content (AvgIpc) is 3.73. The van der Waals surface area contributed by atoms with Gasteiger partial charge in [0.25, 0.3) is 6.47 Å². The van der Waals surface area contributed by atoms with Crippen molar-refractivity contribution < 1.29 is 19.1 Å². The van der Waals surface area contributed by atoms with E-state index in [-0.39, 0.29) is 29.5 Å². The molecule has 2 fully saturated rings. The molecule has 0 spiro atoms. The molecule has 0 radical (unpaired) electrons. The van der Waals surface area contributed by atoms with Crippen molar-refractivity contribution in [2.75, 3.05) is 29.9 Å². The number of rotatable bonds is 10. The van der Waals surface area contributed by atoms with Crippen molar-refractivity contribution in [2.45, 2.75) is 115 Å². The zero-order valence-corrected chi connectivity index (χ0v) is 34.4. The van der Waals surface area contributed by atoms with Gasteiger partial charge in [-0.25, -0.2) is 9.48 Å². The zero-order chi connectivity index (χ0) is 40.4. The fourth-order valence-corrected chi connectivity index (χ4v) is 9.07. The molecule has 2 aliphatic heterocycles. The smallest absolute Gasteiger partial charge is 0.320 e. The van der Waals surface area contributed by atoms with E-state index in [1.165, 1.54) is 6.42 Å². The lowest BCUT2D eigenvalue weighted by Gasteiger charge is -2.36. The maximum absolute atomic E-state index is 14.0. The van der Waals surface area contributed by atoms with Crippen molar-refractivity contribution in [1.82, 2.24) is 35.0 Å². The summed E-state index contributed by atoms with van der Waals surface area (Å²) in [4.78, 5) is 28.2. The summed E-state index contributed by atoms with van der Waals surface area (Å²) in [5.74, 6) is 2.30. The highest BCUT2D eigenvalue weighted by atomic mass is 16.5. The summed E-state index contributed by atoms with van der Waals surface area (Å²) in [6.45, 7) is 13.9. The molecule has 3 aromatic heterocycles. The van der Waals surface area contributed by atoms with Gasteiger partial charge in [-0.2, -0.15) is 5.10 Å². The van der Waals surface area contributed by atoms with E-state index in [2.05, 4.69) is 70.9 Å². The van der Waals surface area contributed by atoms with Gasteiger partial charge in [0.15, 0.2) is 5.65 Å². The Morgan fingerprint density at radius 1 is 0.897 bits per heavy atom. The number of carbonyl (C=O) groups is 2. The standard InChI is InChI=1S/C45H57N9O4/c1-30-12-8-9-25-52(30)43-50-49-40-21-18-34(28-53(40)43)58-38-20-19-37(35-16-6-7-17-36(35)38)47-42(56)48-41-27-39(44(2,3)4)51-54(41)33-15-10-13-32(26-33)45(5,57-29-55)31-14-11-23-46-24-22-31/h6-7,10,13,15-18,21,26-31,37-38,46H,8-9,11-12,14,19-20,22-25H2,1-5H3,(H2,47,48,56)/t30-,31?,37-,38+,45?/m0/s1.